The molecule has 0 amide bonds. The molecule has 0 aliphatic heterocycles. The van der Waals surface area contributed by atoms with Gasteiger partial charge in [-0.15, -0.1) is 0 Å². The van der Waals surface area contributed by atoms with Gasteiger partial charge in [0.25, 0.3) is 11.3 Å². The number of oxazole rings is 1. The number of nitrogens with zero attached hydrogens (tertiary/aromatic N) is 2. The first-order valence-electron chi connectivity index (χ1n) is 7.35. The van der Waals surface area contributed by atoms with Crippen LogP contribution in [0.5, 0.6) is 5.75 Å². The van der Waals surface area contributed by atoms with Crippen LogP contribution in [0, 0.1) is 0 Å². The van der Waals surface area contributed by atoms with Gasteiger partial charge in [-0.3, -0.25) is 4.79 Å². The first-order valence-corrected chi connectivity index (χ1v) is 7.35. The number of nitrogens with one attached hydrogen (secondary N) is 1. The van der Waals surface area contributed by atoms with Crippen LogP contribution < -0.4 is 10.3 Å². The van der Waals surface area contributed by atoms with Crippen molar-refractivity contribution in [2.45, 2.75) is 0 Å². The Morgan fingerprint density at radius 1 is 0.958 bits per heavy atom. The monoisotopic (exact) mass is 319 g/mol. The number of aromatic amines is 1. The third kappa shape index (κ3) is 2.44. The molecular formula is C18H13N3O3. The zero-order chi connectivity index (χ0) is 16.5. The van der Waals surface area contributed by atoms with Gasteiger partial charge in [0, 0.05) is 11.1 Å². The van der Waals surface area contributed by atoms with E-state index in [0.29, 0.717) is 11.7 Å². The molecule has 1 N–H and O–H groups in total. The van der Waals surface area contributed by atoms with Gasteiger partial charge in [-0.1, -0.05) is 18.2 Å². The van der Waals surface area contributed by atoms with E-state index in [4.69, 9.17) is 9.15 Å². The Bertz CT molecular complexity index is 1050. The molecule has 0 atom stereocenters. The third-order valence-electron chi connectivity index (χ3n) is 3.65. The van der Waals surface area contributed by atoms with E-state index in [9.17, 15) is 4.79 Å². The van der Waals surface area contributed by atoms with Crippen LogP contribution in [0.15, 0.2) is 63.8 Å². The minimum absolute atomic E-state index is 0.186. The van der Waals surface area contributed by atoms with Crippen molar-refractivity contribution >= 4 is 11.2 Å². The topological polar surface area (TPSA) is 81.0 Å². The minimum atomic E-state index is -0.336. The van der Waals surface area contributed by atoms with Gasteiger partial charge >= 0.3 is 0 Å². The molecule has 4 rings (SSSR count). The molecule has 2 heterocycles. The Hall–Kier alpha value is -3.41. The lowest BCUT2D eigenvalue weighted by Gasteiger charge is -2.02. The number of hydrogen-bond donors (Lipinski definition) is 1. The van der Waals surface area contributed by atoms with Crippen molar-refractivity contribution in [1.82, 2.24) is 15.0 Å². The standard InChI is InChI=1S/C18H13N3O3/c1-23-13-9-7-11(8-10-13)15-20-16(22)14-18(21-15)24-17(19-14)12-5-3-2-4-6-12/h2-10H,1H3,(H,20,21,22). The number of hydrogen-bond acceptors (Lipinski definition) is 5. The van der Waals surface area contributed by atoms with Crippen LogP contribution in [-0.2, 0) is 0 Å². The molecule has 0 aliphatic carbocycles. The van der Waals surface area contributed by atoms with E-state index in [2.05, 4.69) is 15.0 Å². The summed E-state index contributed by atoms with van der Waals surface area (Å²) in [5.74, 6) is 1.52. The molecule has 0 aliphatic rings. The Morgan fingerprint density at radius 2 is 1.71 bits per heavy atom. The number of ether oxygens (including phenoxy) is 1. The Morgan fingerprint density at radius 3 is 2.42 bits per heavy atom. The quantitative estimate of drug-likeness (QED) is 0.627. The van der Waals surface area contributed by atoms with Gasteiger partial charge in [0.15, 0.2) is 5.52 Å². The summed E-state index contributed by atoms with van der Waals surface area (Å²) in [7, 11) is 1.60. The van der Waals surface area contributed by atoms with E-state index in [1.165, 1.54) is 0 Å². The van der Waals surface area contributed by atoms with Gasteiger partial charge < -0.3 is 14.1 Å². The molecule has 0 spiro atoms. The highest BCUT2D eigenvalue weighted by Gasteiger charge is 2.14. The van der Waals surface area contributed by atoms with Crippen molar-refractivity contribution in [2.24, 2.45) is 0 Å². The number of benzene rings is 2. The summed E-state index contributed by atoms with van der Waals surface area (Å²) in [4.78, 5) is 23.7. The van der Waals surface area contributed by atoms with Crippen LogP contribution in [0.3, 0.4) is 0 Å². The Labute approximate surface area is 136 Å². The second-order valence-corrected chi connectivity index (χ2v) is 5.18. The van der Waals surface area contributed by atoms with E-state index in [0.717, 1.165) is 16.9 Å². The Balaban J connectivity index is 1.83. The molecule has 0 fully saturated rings. The summed E-state index contributed by atoms with van der Waals surface area (Å²) >= 11 is 0. The molecule has 0 saturated heterocycles. The van der Waals surface area contributed by atoms with Gasteiger partial charge in [0.1, 0.15) is 11.6 Å². The van der Waals surface area contributed by atoms with E-state index in [-0.39, 0.29) is 16.8 Å². The molecule has 2 aromatic heterocycles. The average Bonchev–Trinajstić information content (AvgIpc) is 3.07. The van der Waals surface area contributed by atoms with Crippen LogP contribution in [0.2, 0.25) is 0 Å². The fraction of sp³-hybridized carbons (Fsp3) is 0.0556. The van der Waals surface area contributed by atoms with Crippen LogP contribution in [0.25, 0.3) is 34.1 Å². The zero-order valence-corrected chi connectivity index (χ0v) is 12.8. The molecule has 118 valence electrons. The van der Waals surface area contributed by atoms with Crippen molar-refractivity contribution in [3.8, 4) is 28.6 Å². The fourth-order valence-corrected chi connectivity index (χ4v) is 2.42. The molecule has 0 bridgehead atoms. The lowest BCUT2D eigenvalue weighted by atomic mass is 10.2. The van der Waals surface area contributed by atoms with Gasteiger partial charge in [-0.2, -0.15) is 4.98 Å². The van der Waals surface area contributed by atoms with E-state index in [1.54, 1.807) is 19.2 Å². The molecular weight excluding hydrogens is 306 g/mol. The predicted octanol–water partition coefficient (Wildman–Crippen LogP) is 3.25. The molecule has 0 radical (unpaired) electrons. The molecule has 2 aromatic carbocycles. The normalized spacial score (nSPS) is 10.9. The van der Waals surface area contributed by atoms with Crippen molar-refractivity contribution in [2.75, 3.05) is 7.11 Å². The summed E-state index contributed by atoms with van der Waals surface area (Å²) < 4.78 is 10.8. The van der Waals surface area contributed by atoms with Gasteiger partial charge in [0.05, 0.1) is 7.11 Å². The summed E-state index contributed by atoms with van der Waals surface area (Å²) in [5, 5.41) is 0. The van der Waals surface area contributed by atoms with Gasteiger partial charge in [-0.25, -0.2) is 4.98 Å². The lowest BCUT2D eigenvalue weighted by molar-refractivity contribution is 0.415. The summed E-state index contributed by atoms with van der Waals surface area (Å²) in [6.45, 7) is 0. The molecule has 4 aromatic rings. The lowest BCUT2D eigenvalue weighted by Crippen LogP contribution is -2.09. The summed E-state index contributed by atoms with van der Waals surface area (Å²) in [5.41, 5.74) is 1.61. The van der Waals surface area contributed by atoms with Crippen LogP contribution in [0.4, 0.5) is 0 Å². The van der Waals surface area contributed by atoms with Crippen molar-refractivity contribution in [1.29, 1.82) is 0 Å². The maximum atomic E-state index is 12.3. The number of H-pyrrole nitrogens is 1. The van der Waals surface area contributed by atoms with Crippen LogP contribution in [-0.4, -0.2) is 22.1 Å². The van der Waals surface area contributed by atoms with Gasteiger partial charge in [-0.05, 0) is 36.4 Å². The maximum absolute atomic E-state index is 12.3. The number of methoxy groups -OCH3 is 1. The number of aromatic nitrogens is 3. The van der Waals surface area contributed by atoms with E-state index in [1.807, 2.05) is 42.5 Å². The average molecular weight is 319 g/mol. The first kappa shape index (κ1) is 14.2. The van der Waals surface area contributed by atoms with Crippen molar-refractivity contribution in [3.63, 3.8) is 0 Å². The smallest absolute Gasteiger partial charge is 0.281 e. The zero-order valence-electron chi connectivity index (χ0n) is 12.8. The summed E-state index contributed by atoms with van der Waals surface area (Å²) in [6.07, 6.45) is 0. The number of rotatable bonds is 3. The first-order chi connectivity index (χ1) is 11.7. The highest BCUT2D eigenvalue weighted by molar-refractivity contribution is 5.74. The molecule has 24 heavy (non-hydrogen) atoms. The van der Waals surface area contributed by atoms with Gasteiger partial charge in [0.2, 0.25) is 5.89 Å². The minimum Gasteiger partial charge on any atom is -0.497 e. The SMILES string of the molecule is COc1ccc(-c2nc3oc(-c4ccccc4)nc3c(=O)[nH]2)cc1. The summed E-state index contributed by atoms with van der Waals surface area (Å²) in [6, 6.07) is 16.6. The fourth-order valence-electron chi connectivity index (χ4n) is 2.42. The molecule has 0 saturated carbocycles. The largest absolute Gasteiger partial charge is 0.497 e. The van der Waals surface area contributed by atoms with Crippen LogP contribution in [0.1, 0.15) is 0 Å². The molecule has 0 unspecified atom stereocenters. The van der Waals surface area contributed by atoms with Crippen LogP contribution >= 0.6 is 0 Å². The Kier molecular flexibility index (Phi) is 3.35. The third-order valence-corrected chi connectivity index (χ3v) is 3.65. The van der Waals surface area contributed by atoms with E-state index >= 15 is 0 Å². The van der Waals surface area contributed by atoms with Crippen molar-refractivity contribution in [3.05, 3.63) is 65.0 Å². The highest BCUT2D eigenvalue weighted by atomic mass is 16.5. The number of fused-ring (bicyclic) bond motifs is 1. The van der Waals surface area contributed by atoms with E-state index < -0.39 is 0 Å². The van der Waals surface area contributed by atoms with Crippen molar-refractivity contribution < 1.29 is 9.15 Å². The molecule has 6 heteroatoms. The second-order valence-electron chi connectivity index (χ2n) is 5.18. The maximum Gasteiger partial charge on any atom is 0.281 e. The predicted molar refractivity (Wildman–Crippen MR) is 89.8 cm³/mol. The highest BCUT2D eigenvalue weighted by Crippen LogP contribution is 2.23. The molecule has 6 nitrogen and oxygen atoms in total. The second kappa shape index (κ2) is 5.66.